The van der Waals surface area contributed by atoms with E-state index in [2.05, 4.69) is 5.32 Å². The van der Waals surface area contributed by atoms with Gasteiger partial charge in [0, 0.05) is 24.5 Å². The van der Waals surface area contributed by atoms with Gasteiger partial charge in [0.05, 0.1) is 16.5 Å². The summed E-state index contributed by atoms with van der Waals surface area (Å²) in [6.07, 6.45) is 0.452. The summed E-state index contributed by atoms with van der Waals surface area (Å²) in [5, 5.41) is 4.21. The van der Waals surface area contributed by atoms with Crippen molar-refractivity contribution < 1.29 is 9.59 Å². The highest BCUT2D eigenvalue weighted by Crippen LogP contribution is 2.25. The first-order chi connectivity index (χ1) is 15.9. The van der Waals surface area contributed by atoms with Gasteiger partial charge < -0.3 is 10.2 Å². The maximum Gasteiger partial charge on any atom is 0.243 e. The van der Waals surface area contributed by atoms with E-state index in [-0.39, 0.29) is 24.8 Å². The van der Waals surface area contributed by atoms with Crippen LogP contribution in [-0.4, -0.2) is 29.3 Å². The molecule has 0 aliphatic rings. The molecule has 0 heterocycles. The van der Waals surface area contributed by atoms with Gasteiger partial charge >= 0.3 is 0 Å². The zero-order valence-corrected chi connectivity index (χ0v) is 20.5. The molecular weight excluding hydrogens is 479 g/mol. The van der Waals surface area contributed by atoms with Crippen LogP contribution in [-0.2, 0) is 29.0 Å². The fourth-order valence-corrected chi connectivity index (χ4v) is 4.11. The van der Waals surface area contributed by atoms with Gasteiger partial charge in [-0.3, -0.25) is 9.59 Å². The lowest BCUT2D eigenvalue weighted by molar-refractivity contribution is -0.140. The molecule has 33 heavy (non-hydrogen) atoms. The third-order valence-electron chi connectivity index (χ3n) is 5.26. The standard InChI is InChI=1S/C26H25Cl3N2O2/c1-2-30-26(33)24(15-18-8-4-3-5-9-18)31(17-19-12-13-22(28)23(29)14-19)25(32)16-20-10-6-7-11-21(20)27/h3-14,24H,2,15-17H2,1H3,(H,30,33)/t24-/m0/s1. The van der Waals surface area contributed by atoms with E-state index in [0.29, 0.717) is 33.6 Å². The van der Waals surface area contributed by atoms with Crippen molar-refractivity contribution in [2.75, 3.05) is 6.54 Å². The summed E-state index contributed by atoms with van der Waals surface area (Å²) in [6, 6.07) is 21.4. The van der Waals surface area contributed by atoms with Crippen LogP contribution in [0.1, 0.15) is 23.6 Å². The Bertz CT molecular complexity index is 1110. The van der Waals surface area contributed by atoms with Crippen LogP contribution in [0.4, 0.5) is 0 Å². The van der Waals surface area contributed by atoms with Gasteiger partial charge in [-0.1, -0.05) is 89.4 Å². The van der Waals surface area contributed by atoms with Gasteiger partial charge in [0.2, 0.25) is 11.8 Å². The van der Waals surface area contributed by atoms with E-state index in [9.17, 15) is 9.59 Å². The van der Waals surface area contributed by atoms with E-state index in [0.717, 1.165) is 11.1 Å². The van der Waals surface area contributed by atoms with Crippen molar-refractivity contribution in [2.24, 2.45) is 0 Å². The number of nitrogens with one attached hydrogen (secondary N) is 1. The number of benzene rings is 3. The van der Waals surface area contributed by atoms with Crippen LogP contribution in [0.25, 0.3) is 0 Å². The Kier molecular flexibility index (Phi) is 9.19. The first-order valence-corrected chi connectivity index (χ1v) is 11.8. The van der Waals surface area contributed by atoms with Crippen molar-refractivity contribution in [3.63, 3.8) is 0 Å². The quantitative estimate of drug-likeness (QED) is 0.391. The molecule has 0 spiro atoms. The summed E-state index contributed by atoms with van der Waals surface area (Å²) in [4.78, 5) is 28.3. The van der Waals surface area contributed by atoms with E-state index in [4.69, 9.17) is 34.8 Å². The van der Waals surface area contributed by atoms with Gasteiger partial charge in [0.25, 0.3) is 0 Å². The molecular formula is C26H25Cl3N2O2. The predicted octanol–water partition coefficient (Wildman–Crippen LogP) is 5.97. The molecule has 7 heteroatoms. The largest absolute Gasteiger partial charge is 0.355 e. The lowest BCUT2D eigenvalue weighted by Gasteiger charge is -2.31. The summed E-state index contributed by atoms with van der Waals surface area (Å²) in [5.74, 6) is -0.421. The molecule has 1 atom stereocenters. The number of halogens is 3. The number of hydrogen-bond donors (Lipinski definition) is 1. The second kappa shape index (κ2) is 12.1. The first kappa shape index (κ1) is 25.1. The smallest absolute Gasteiger partial charge is 0.243 e. The average molecular weight is 504 g/mol. The molecule has 0 fully saturated rings. The molecule has 4 nitrogen and oxygen atoms in total. The Morgan fingerprint density at radius 2 is 1.55 bits per heavy atom. The monoisotopic (exact) mass is 502 g/mol. The normalized spacial score (nSPS) is 11.6. The molecule has 0 saturated heterocycles. The lowest BCUT2D eigenvalue weighted by atomic mass is 10.0. The van der Waals surface area contributed by atoms with Crippen molar-refractivity contribution >= 4 is 46.6 Å². The highest BCUT2D eigenvalue weighted by molar-refractivity contribution is 6.42. The molecule has 3 aromatic carbocycles. The van der Waals surface area contributed by atoms with Gasteiger partial charge in [-0.25, -0.2) is 0 Å². The van der Waals surface area contributed by atoms with Gasteiger partial charge in [0.1, 0.15) is 6.04 Å². The number of hydrogen-bond acceptors (Lipinski definition) is 2. The van der Waals surface area contributed by atoms with Crippen LogP contribution in [0.15, 0.2) is 72.8 Å². The minimum atomic E-state index is -0.711. The molecule has 0 unspecified atom stereocenters. The van der Waals surface area contributed by atoms with Crippen LogP contribution < -0.4 is 5.32 Å². The van der Waals surface area contributed by atoms with Gasteiger partial charge in [0.15, 0.2) is 0 Å². The van der Waals surface area contributed by atoms with Crippen molar-refractivity contribution in [3.8, 4) is 0 Å². The second-order valence-electron chi connectivity index (χ2n) is 7.64. The molecule has 172 valence electrons. The zero-order chi connectivity index (χ0) is 23.8. The highest BCUT2D eigenvalue weighted by atomic mass is 35.5. The Morgan fingerprint density at radius 3 is 2.21 bits per heavy atom. The number of rotatable bonds is 9. The SMILES string of the molecule is CCNC(=O)[C@H](Cc1ccccc1)N(Cc1ccc(Cl)c(Cl)c1)C(=O)Cc1ccccc1Cl. The summed E-state index contributed by atoms with van der Waals surface area (Å²) in [7, 11) is 0. The second-order valence-corrected chi connectivity index (χ2v) is 8.86. The van der Waals surface area contributed by atoms with Gasteiger partial charge in [-0.15, -0.1) is 0 Å². The molecule has 3 rings (SSSR count). The molecule has 0 saturated carbocycles. The molecule has 0 bridgehead atoms. The number of carbonyl (C=O) groups excluding carboxylic acids is 2. The third kappa shape index (κ3) is 6.97. The number of carbonyl (C=O) groups is 2. The van der Waals surface area contributed by atoms with Crippen LogP contribution in [0.3, 0.4) is 0 Å². The lowest BCUT2D eigenvalue weighted by Crippen LogP contribution is -2.51. The topological polar surface area (TPSA) is 49.4 Å². The minimum Gasteiger partial charge on any atom is -0.355 e. The van der Waals surface area contributed by atoms with E-state index in [1.165, 1.54) is 0 Å². The third-order valence-corrected chi connectivity index (χ3v) is 6.37. The fourth-order valence-electron chi connectivity index (χ4n) is 3.59. The summed E-state index contributed by atoms with van der Waals surface area (Å²) >= 11 is 18.6. The van der Waals surface area contributed by atoms with Crippen LogP contribution in [0.5, 0.6) is 0 Å². The van der Waals surface area contributed by atoms with Crippen molar-refractivity contribution in [1.29, 1.82) is 0 Å². The molecule has 1 N–H and O–H groups in total. The van der Waals surface area contributed by atoms with Crippen molar-refractivity contribution in [1.82, 2.24) is 10.2 Å². The van der Waals surface area contributed by atoms with E-state index < -0.39 is 6.04 Å². The van der Waals surface area contributed by atoms with Crippen LogP contribution >= 0.6 is 34.8 Å². The van der Waals surface area contributed by atoms with Crippen molar-refractivity contribution in [3.05, 3.63) is 105 Å². The number of likely N-dealkylation sites (N-methyl/N-ethyl adjacent to an activating group) is 1. The summed E-state index contributed by atoms with van der Waals surface area (Å²) < 4.78 is 0. The van der Waals surface area contributed by atoms with E-state index >= 15 is 0 Å². The number of nitrogens with zero attached hydrogens (tertiary/aromatic N) is 1. The number of amides is 2. The minimum absolute atomic E-state index is 0.0751. The fraction of sp³-hybridized carbons (Fsp3) is 0.231. The Morgan fingerprint density at radius 1 is 0.848 bits per heavy atom. The highest BCUT2D eigenvalue weighted by Gasteiger charge is 2.30. The van der Waals surface area contributed by atoms with Gasteiger partial charge in [-0.2, -0.15) is 0 Å². The Balaban J connectivity index is 1.98. The molecule has 0 aromatic heterocycles. The molecule has 2 amide bonds. The predicted molar refractivity (Wildman–Crippen MR) is 135 cm³/mol. The molecule has 0 aliphatic heterocycles. The average Bonchev–Trinajstić information content (AvgIpc) is 2.80. The molecule has 0 aliphatic carbocycles. The van der Waals surface area contributed by atoms with Gasteiger partial charge in [-0.05, 0) is 41.8 Å². The van der Waals surface area contributed by atoms with E-state index in [1.54, 1.807) is 29.2 Å². The summed E-state index contributed by atoms with van der Waals surface area (Å²) in [5.41, 5.74) is 2.44. The molecule has 3 aromatic rings. The maximum atomic E-state index is 13.6. The summed E-state index contributed by atoms with van der Waals surface area (Å²) in [6.45, 7) is 2.52. The Hall–Kier alpha value is -2.53. The molecule has 0 radical (unpaired) electrons. The Labute approximate surface area is 209 Å². The maximum absolute atomic E-state index is 13.6. The first-order valence-electron chi connectivity index (χ1n) is 10.7. The van der Waals surface area contributed by atoms with Crippen LogP contribution in [0.2, 0.25) is 15.1 Å². The van der Waals surface area contributed by atoms with Crippen molar-refractivity contribution in [2.45, 2.75) is 32.4 Å². The van der Waals surface area contributed by atoms with E-state index in [1.807, 2.05) is 55.5 Å². The zero-order valence-electron chi connectivity index (χ0n) is 18.2. The van der Waals surface area contributed by atoms with Crippen LogP contribution in [0, 0.1) is 0 Å².